The number of hydrogen-bond acceptors (Lipinski definition) is 5. The van der Waals surface area contributed by atoms with Crippen LogP contribution in [0.1, 0.15) is 5.82 Å². The Morgan fingerprint density at radius 2 is 1.95 bits per heavy atom. The average molecular weight is 334 g/mol. The molecule has 0 aliphatic carbocycles. The molecule has 0 N–H and O–H groups in total. The summed E-state index contributed by atoms with van der Waals surface area (Å²) in [6.07, 6.45) is 5.01. The van der Waals surface area contributed by atoms with E-state index < -0.39 is 10.0 Å². The summed E-state index contributed by atoms with van der Waals surface area (Å²) in [6, 6.07) is 8.34. The van der Waals surface area contributed by atoms with Gasteiger partial charge < -0.3 is 4.57 Å². The first kappa shape index (κ1) is 14.7. The van der Waals surface area contributed by atoms with Crippen LogP contribution in [0.15, 0.2) is 59.2 Å². The molecule has 2 aromatic heterocycles. The van der Waals surface area contributed by atoms with Crippen LogP contribution in [0.4, 0.5) is 5.13 Å². The summed E-state index contributed by atoms with van der Waals surface area (Å²) in [7, 11) is -1.86. The van der Waals surface area contributed by atoms with Crippen LogP contribution in [0.3, 0.4) is 0 Å². The lowest BCUT2D eigenvalue weighted by molar-refractivity contribution is 0.588. The second kappa shape index (κ2) is 5.90. The van der Waals surface area contributed by atoms with Crippen molar-refractivity contribution in [2.24, 2.45) is 7.05 Å². The molecule has 0 atom stereocenters. The van der Waals surface area contributed by atoms with E-state index in [1.54, 1.807) is 58.9 Å². The summed E-state index contributed by atoms with van der Waals surface area (Å²) < 4.78 is 28.9. The van der Waals surface area contributed by atoms with Crippen molar-refractivity contribution in [1.82, 2.24) is 14.5 Å². The highest BCUT2D eigenvalue weighted by Gasteiger charge is 2.27. The predicted octanol–water partition coefficient (Wildman–Crippen LogP) is 2.27. The molecule has 22 heavy (non-hydrogen) atoms. The van der Waals surface area contributed by atoms with Crippen LogP contribution in [0, 0.1) is 0 Å². The monoisotopic (exact) mass is 334 g/mol. The maximum atomic E-state index is 12.9. The molecule has 2 heterocycles. The third-order valence-corrected chi connectivity index (χ3v) is 5.83. The highest BCUT2D eigenvalue weighted by Crippen LogP contribution is 2.27. The topological polar surface area (TPSA) is 68.1 Å². The minimum atomic E-state index is -3.69. The number of benzene rings is 1. The molecule has 8 heteroatoms. The summed E-state index contributed by atoms with van der Waals surface area (Å²) in [6.45, 7) is 0.133. The fourth-order valence-corrected chi connectivity index (χ4v) is 4.26. The van der Waals surface area contributed by atoms with E-state index in [4.69, 9.17) is 0 Å². The van der Waals surface area contributed by atoms with Crippen LogP contribution in [0.5, 0.6) is 0 Å². The van der Waals surface area contributed by atoms with Gasteiger partial charge in [-0.2, -0.15) is 0 Å². The molecule has 0 bridgehead atoms. The molecule has 0 aliphatic heterocycles. The van der Waals surface area contributed by atoms with Gasteiger partial charge >= 0.3 is 0 Å². The summed E-state index contributed by atoms with van der Waals surface area (Å²) in [5.74, 6) is 0.648. The number of sulfonamides is 1. The van der Waals surface area contributed by atoms with Crippen LogP contribution in [0.25, 0.3) is 0 Å². The lowest BCUT2D eigenvalue weighted by Gasteiger charge is -2.21. The van der Waals surface area contributed by atoms with Crippen molar-refractivity contribution in [2.45, 2.75) is 11.4 Å². The summed E-state index contributed by atoms with van der Waals surface area (Å²) in [4.78, 5) is 8.59. The van der Waals surface area contributed by atoms with E-state index in [-0.39, 0.29) is 11.4 Å². The van der Waals surface area contributed by atoms with Crippen LogP contribution in [-0.4, -0.2) is 23.0 Å². The first-order valence-electron chi connectivity index (χ1n) is 6.52. The molecule has 3 rings (SSSR count). The lowest BCUT2D eigenvalue weighted by atomic mass is 10.4. The number of thiazole rings is 1. The highest BCUT2D eigenvalue weighted by atomic mass is 32.2. The maximum Gasteiger partial charge on any atom is 0.266 e. The summed E-state index contributed by atoms with van der Waals surface area (Å²) in [5.41, 5.74) is 0. The largest absolute Gasteiger partial charge is 0.336 e. The Labute approximate surface area is 132 Å². The van der Waals surface area contributed by atoms with Crippen molar-refractivity contribution in [1.29, 1.82) is 0 Å². The van der Waals surface area contributed by atoms with Gasteiger partial charge in [0.1, 0.15) is 5.82 Å². The predicted molar refractivity (Wildman–Crippen MR) is 85.1 cm³/mol. The van der Waals surface area contributed by atoms with E-state index in [1.807, 2.05) is 7.05 Å². The summed E-state index contributed by atoms with van der Waals surface area (Å²) in [5, 5.41) is 2.17. The molecule has 0 amide bonds. The lowest BCUT2D eigenvalue weighted by Crippen LogP contribution is -2.31. The molecule has 0 spiro atoms. The van der Waals surface area contributed by atoms with Crippen molar-refractivity contribution >= 4 is 26.5 Å². The second-order valence-corrected chi connectivity index (χ2v) is 7.33. The first-order chi connectivity index (χ1) is 10.6. The second-order valence-electron chi connectivity index (χ2n) is 4.59. The number of nitrogens with zero attached hydrogens (tertiary/aromatic N) is 4. The minimum absolute atomic E-state index is 0.133. The van der Waals surface area contributed by atoms with E-state index in [0.29, 0.717) is 11.0 Å². The third-order valence-electron chi connectivity index (χ3n) is 3.17. The molecule has 0 unspecified atom stereocenters. The highest BCUT2D eigenvalue weighted by molar-refractivity contribution is 7.93. The van der Waals surface area contributed by atoms with E-state index >= 15 is 0 Å². The SMILES string of the molecule is Cn1ccnc1CN(c1nccs1)S(=O)(=O)c1ccccc1. The van der Waals surface area contributed by atoms with Gasteiger partial charge in [-0.05, 0) is 12.1 Å². The van der Waals surface area contributed by atoms with Gasteiger partial charge in [0.2, 0.25) is 0 Å². The van der Waals surface area contributed by atoms with Crippen LogP contribution >= 0.6 is 11.3 Å². The molecule has 114 valence electrons. The van der Waals surface area contributed by atoms with Crippen molar-refractivity contribution in [3.8, 4) is 0 Å². The Hall–Kier alpha value is -2.19. The van der Waals surface area contributed by atoms with Crippen molar-refractivity contribution in [2.75, 3.05) is 4.31 Å². The number of imidazole rings is 1. The Morgan fingerprint density at radius 1 is 1.18 bits per heavy atom. The van der Waals surface area contributed by atoms with Gasteiger partial charge in [-0.3, -0.25) is 0 Å². The minimum Gasteiger partial charge on any atom is -0.336 e. The summed E-state index contributed by atoms with van der Waals surface area (Å²) >= 11 is 1.28. The van der Waals surface area contributed by atoms with Gasteiger partial charge in [0, 0.05) is 31.0 Å². The van der Waals surface area contributed by atoms with Gasteiger partial charge in [-0.1, -0.05) is 18.2 Å². The van der Waals surface area contributed by atoms with Gasteiger partial charge in [-0.15, -0.1) is 11.3 Å². The molecule has 0 saturated carbocycles. The normalized spacial score (nSPS) is 11.5. The van der Waals surface area contributed by atoms with E-state index in [2.05, 4.69) is 9.97 Å². The number of aromatic nitrogens is 3. The van der Waals surface area contributed by atoms with E-state index in [0.717, 1.165) is 0 Å². The third kappa shape index (κ3) is 2.75. The number of rotatable bonds is 5. The number of aryl methyl sites for hydroxylation is 1. The molecule has 0 saturated heterocycles. The van der Waals surface area contributed by atoms with Gasteiger partial charge in [0.25, 0.3) is 10.0 Å². The van der Waals surface area contributed by atoms with Crippen LogP contribution < -0.4 is 4.31 Å². The molecular formula is C14H14N4O2S2. The van der Waals surface area contributed by atoms with Gasteiger partial charge in [0.05, 0.1) is 11.4 Å². The number of hydrogen-bond donors (Lipinski definition) is 0. The maximum absolute atomic E-state index is 12.9. The fourth-order valence-electron chi connectivity index (χ4n) is 1.99. The van der Waals surface area contributed by atoms with Gasteiger partial charge in [-0.25, -0.2) is 22.7 Å². The Bertz CT molecular complexity index is 842. The molecule has 3 aromatic rings. The zero-order valence-corrected chi connectivity index (χ0v) is 13.5. The quantitative estimate of drug-likeness (QED) is 0.718. The van der Waals surface area contributed by atoms with Crippen LogP contribution in [0.2, 0.25) is 0 Å². The standard InChI is InChI=1S/C14H14N4O2S2/c1-17-9-7-15-13(17)11-18(14-16-8-10-21-14)22(19,20)12-5-3-2-4-6-12/h2-10H,11H2,1H3. The van der Waals surface area contributed by atoms with Crippen LogP contribution in [-0.2, 0) is 23.6 Å². The Kier molecular flexibility index (Phi) is 3.95. The smallest absolute Gasteiger partial charge is 0.266 e. The Balaban J connectivity index is 2.05. The van der Waals surface area contributed by atoms with Crippen molar-refractivity contribution in [3.63, 3.8) is 0 Å². The van der Waals surface area contributed by atoms with Crippen molar-refractivity contribution < 1.29 is 8.42 Å². The fraction of sp³-hybridized carbons (Fsp3) is 0.143. The molecule has 0 radical (unpaired) electrons. The van der Waals surface area contributed by atoms with E-state index in [9.17, 15) is 8.42 Å². The van der Waals surface area contributed by atoms with E-state index in [1.165, 1.54) is 15.6 Å². The Morgan fingerprint density at radius 3 is 2.55 bits per heavy atom. The zero-order chi connectivity index (χ0) is 15.6. The molecule has 0 fully saturated rings. The number of anilines is 1. The molecule has 1 aromatic carbocycles. The molecule has 6 nitrogen and oxygen atoms in total. The average Bonchev–Trinajstić information content (AvgIpc) is 3.17. The molecular weight excluding hydrogens is 320 g/mol. The zero-order valence-electron chi connectivity index (χ0n) is 11.8. The first-order valence-corrected chi connectivity index (χ1v) is 8.84. The molecule has 0 aliphatic rings. The van der Waals surface area contributed by atoms with Crippen molar-refractivity contribution in [3.05, 3.63) is 60.1 Å². The van der Waals surface area contributed by atoms with Gasteiger partial charge in [0.15, 0.2) is 5.13 Å².